The van der Waals surface area contributed by atoms with Crippen molar-refractivity contribution >= 4 is 23.9 Å². The van der Waals surface area contributed by atoms with Crippen LogP contribution in [0.25, 0.3) is 0 Å². The molecular formula is C28H32O9. The number of cyclic esters (lactones) is 2. The first-order valence-corrected chi connectivity index (χ1v) is 12.8. The van der Waals surface area contributed by atoms with Gasteiger partial charge in [0.15, 0.2) is 0 Å². The van der Waals surface area contributed by atoms with Crippen LogP contribution in [0.1, 0.15) is 47.5 Å². The number of hydrogen-bond acceptors (Lipinski definition) is 9. The summed E-state index contributed by atoms with van der Waals surface area (Å²) in [6.45, 7) is 13.7. The summed E-state index contributed by atoms with van der Waals surface area (Å²) in [5.74, 6) is -3.03. The summed E-state index contributed by atoms with van der Waals surface area (Å²) in [4.78, 5) is 50.7. The molecule has 9 nitrogen and oxygen atoms in total. The molecule has 6 aliphatic rings. The molecule has 0 aromatic rings. The fraction of sp³-hybridized carbons (Fsp3) is 0.643. The van der Waals surface area contributed by atoms with Gasteiger partial charge in [0, 0.05) is 41.7 Å². The monoisotopic (exact) mass is 512 g/mol. The lowest BCUT2D eigenvalue weighted by molar-refractivity contribution is -0.205. The molecule has 9 atom stereocenters. The zero-order valence-electron chi connectivity index (χ0n) is 21.7. The molecule has 6 rings (SSSR count). The highest BCUT2D eigenvalue weighted by Crippen LogP contribution is 2.75. The van der Waals surface area contributed by atoms with Crippen LogP contribution >= 0.6 is 0 Å². The molecule has 0 aromatic heterocycles. The molecule has 0 aromatic carbocycles. The van der Waals surface area contributed by atoms with Crippen LogP contribution < -0.4 is 0 Å². The number of rotatable bonds is 3. The quantitative estimate of drug-likeness (QED) is 0.243. The van der Waals surface area contributed by atoms with Gasteiger partial charge in [-0.15, -0.1) is 0 Å². The zero-order chi connectivity index (χ0) is 26.7. The maximum atomic E-state index is 13.0. The third kappa shape index (κ3) is 2.95. The molecule has 2 saturated carbocycles. The Morgan fingerprint density at radius 1 is 1.16 bits per heavy atom. The summed E-state index contributed by atoms with van der Waals surface area (Å²) in [6, 6.07) is 0. The number of epoxide rings is 1. The number of esters is 4. The standard InChI is InChI=1S/C28H32O9/c1-13-21-22(35-19(30)7-9-26(21,5)17-12-20(31)37-25(17,3)4)23(34-14(2)29)27(6)16(11-18-28(13,27)36-18)15-8-10-33-24(15)32/h7-9,16-18,21-23H,1,10-12H2,2-6H3/t16-,17-,18+,21+,22+,23-,26-,27+,28+/m0/s1. The van der Waals surface area contributed by atoms with Gasteiger partial charge in [-0.2, -0.15) is 0 Å². The predicted molar refractivity (Wildman–Crippen MR) is 126 cm³/mol. The summed E-state index contributed by atoms with van der Waals surface area (Å²) >= 11 is 0. The topological polar surface area (TPSA) is 118 Å². The predicted octanol–water partition coefficient (Wildman–Crippen LogP) is 2.58. The minimum atomic E-state index is -0.945. The van der Waals surface area contributed by atoms with Crippen molar-refractivity contribution in [1.82, 2.24) is 0 Å². The van der Waals surface area contributed by atoms with Crippen molar-refractivity contribution in [3.05, 3.63) is 36.0 Å². The Labute approximate surface area is 215 Å². The van der Waals surface area contributed by atoms with Crippen LogP contribution in [0.4, 0.5) is 0 Å². The van der Waals surface area contributed by atoms with Gasteiger partial charge in [-0.3, -0.25) is 9.59 Å². The molecule has 1 spiro atoms. The zero-order valence-corrected chi connectivity index (χ0v) is 21.7. The van der Waals surface area contributed by atoms with E-state index < -0.39 is 58.1 Å². The maximum absolute atomic E-state index is 13.0. The molecule has 4 heterocycles. The lowest BCUT2D eigenvalue weighted by atomic mass is 9.49. The van der Waals surface area contributed by atoms with Gasteiger partial charge in [-0.05, 0) is 31.9 Å². The van der Waals surface area contributed by atoms with Gasteiger partial charge in [-0.1, -0.05) is 26.5 Å². The molecule has 0 radical (unpaired) electrons. The van der Waals surface area contributed by atoms with Crippen molar-refractivity contribution in [3.8, 4) is 0 Å². The van der Waals surface area contributed by atoms with Gasteiger partial charge >= 0.3 is 23.9 Å². The van der Waals surface area contributed by atoms with E-state index in [1.54, 1.807) is 12.2 Å². The first-order chi connectivity index (χ1) is 17.3. The molecule has 0 bridgehead atoms. The van der Waals surface area contributed by atoms with Gasteiger partial charge in [0.25, 0.3) is 0 Å². The SMILES string of the molecule is C=C1[C@@H]2[C@@H](OC(=O)C=C[C@@]2(C)[C@H]2CC(=O)OC2(C)C)[C@H](OC(C)=O)[C@@]2(C)[C@H](C3=CCOC3=O)C[C@H]3O[C@]132. The van der Waals surface area contributed by atoms with Gasteiger partial charge in [-0.25, -0.2) is 9.59 Å². The second kappa shape index (κ2) is 7.34. The van der Waals surface area contributed by atoms with Gasteiger partial charge in [0.1, 0.15) is 30.0 Å². The van der Waals surface area contributed by atoms with Crippen LogP contribution in [0.15, 0.2) is 36.0 Å². The highest BCUT2D eigenvalue weighted by molar-refractivity contribution is 5.91. The Balaban J connectivity index is 1.54. The highest BCUT2D eigenvalue weighted by atomic mass is 16.6. The summed E-state index contributed by atoms with van der Waals surface area (Å²) in [5.41, 5.74) is -2.23. The van der Waals surface area contributed by atoms with E-state index in [1.165, 1.54) is 13.0 Å². The molecule has 198 valence electrons. The summed E-state index contributed by atoms with van der Waals surface area (Å²) in [6.07, 6.45) is 3.52. The number of ether oxygens (including phenoxy) is 5. The second-order valence-electron chi connectivity index (χ2n) is 12.1. The van der Waals surface area contributed by atoms with Gasteiger partial charge in [0.2, 0.25) is 0 Å². The largest absolute Gasteiger partial charge is 0.459 e. The molecule has 2 saturated heterocycles. The van der Waals surface area contributed by atoms with E-state index in [0.29, 0.717) is 12.0 Å². The first kappa shape index (κ1) is 24.4. The maximum Gasteiger partial charge on any atom is 0.334 e. The average molecular weight is 513 g/mol. The summed E-state index contributed by atoms with van der Waals surface area (Å²) < 4.78 is 29.4. The molecule has 0 amide bonds. The van der Waals surface area contributed by atoms with E-state index in [-0.39, 0.29) is 36.9 Å². The Bertz CT molecular complexity index is 1210. The number of carbonyl (C=O) groups excluding carboxylic acids is 4. The van der Waals surface area contributed by atoms with Gasteiger partial charge < -0.3 is 23.7 Å². The fourth-order valence-corrected chi connectivity index (χ4v) is 8.56. The van der Waals surface area contributed by atoms with Crippen molar-refractivity contribution in [1.29, 1.82) is 0 Å². The van der Waals surface area contributed by atoms with E-state index in [0.717, 1.165) is 5.57 Å². The van der Waals surface area contributed by atoms with Crippen LogP contribution in [0, 0.1) is 28.6 Å². The molecule has 37 heavy (non-hydrogen) atoms. The van der Waals surface area contributed by atoms with E-state index >= 15 is 0 Å². The Kier molecular flexibility index (Phi) is 4.84. The molecular weight excluding hydrogens is 480 g/mol. The third-order valence-corrected chi connectivity index (χ3v) is 10.0. The second-order valence-corrected chi connectivity index (χ2v) is 12.1. The summed E-state index contributed by atoms with van der Waals surface area (Å²) in [7, 11) is 0. The Hall–Kier alpha value is -2.94. The lowest BCUT2D eigenvalue weighted by Crippen LogP contribution is -2.66. The molecule has 0 unspecified atom stereocenters. The van der Waals surface area contributed by atoms with Crippen molar-refractivity contribution in [3.63, 3.8) is 0 Å². The molecule has 9 heteroatoms. The van der Waals surface area contributed by atoms with Crippen LogP contribution in [0.3, 0.4) is 0 Å². The highest BCUT2D eigenvalue weighted by Gasteiger charge is 2.84. The molecule has 2 aliphatic carbocycles. The number of hydrogen-bond donors (Lipinski definition) is 0. The molecule has 4 aliphatic heterocycles. The normalized spacial score (nSPS) is 47.1. The smallest absolute Gasteiger partial charge is 0.334 e. The number of carbonyl (C=O) groups is 4. The molecule has 4 fully saturated rings. The van der Waals surface area contributed by atoms with E-state index in [1.807, 2.05) is 27.7 Å². The Morgan fingerprint density at radius 2 is 1.89 bits per heavy atom. The lowest BCUT2D eigenvalue weighted by Gasteiger charge is -2.57. The van der Waals surface area contributed by atoms with Crippen molar-refractivity contribution < 1.29 is 42.9 Å². The van der Waals surface area contributed by atoms with Crippen molar-refractivity contribution in [2.75, 3.05) is 6.61 Å². The Morgan fingerprint density at radius 3 is 2.49 bits per heavy atom. The molecule has 0 N–H and O–H groups in total. The van der Waals surface area contributed by atoms with E-state index in [4.69, 9.17) is 23.7 Å². The van der Waals surface area contributed by atoms with Crippen LogP contribution in [-0.4, -0.2) is 60.0 Å². The third-order valence-electron chi connectivity index (χ3n) is 10.0. The van der Waals surface area contributed by atoms with Gasteiger partial charge in [0.05, 0.1) is 17.9 Å². The number of allylic oxidation sites excluding steroid dienone is 1. The van der Waals surface area contributed by atoms with Crippen LogP contribution in [0.2, 0.25) is 0 Å². The average Bonchev–Trinajstić information content (AvgIpc) is 3.18. The van der Waals surface area contributed by atoms with E-state index in [9.17, 15) is 19.2 Å². The van der Waals surface area contributed by atoms with Crippen molar-refractivity contribution in [2.45, 2.75) is 77.0 Å². The number of fused-ring (bicyclic) bond motifs is 1. The van der Waals surface area contributed by atoms with E-state index in [2.05, 4.69) is 6.58 Å². The minimum Gasteiger partial charge on any atom is -0.459 e. The first-order valence-electron chi connectivity index (χ1n) is 12.8. The van der Waals surface area contributed by atoms with Crippen LogP contribution in [0.5, 0.6) is 0 Å². The van der Waals surface area contributed by atoms with Crippen molar-refractivity contribution in [2.24, 2.45) is 28.6 Å². The summed E-state index contributed by atoms with van der Waals surface area (Å²) in [5, 5.41) is 0. The fourth-order valence-electron chi connectivity index (χ4n) is 8.56. The van der Waals surface area contributed by atoms with Crippen LogP contribution in [-0.2, 0) is 42.9 Å². The minimum absolute atomic E-state index is 0.159.